The second-order valence-electron chi connectivity index (χ2n) is 8.08. The maximum atomic E-state index is 12.6. The third-order valence-electron chi connectivity index (χ3n) is 5.16. The van der Waals surface area contributed by atoms with Gasteiger partial charge in [0.05, 0.1) is 11.3 Å². The number of nitrogens with zero attached hydrogens (tertiary/aromatic N) is 3. The normalized spacial score (nSPS) is 14.6. The molecule has 1 aliphatic rings. The van der Waals surface area contributed by atoms with E-state index in [1.54, 1.807) is 11.8 Å². The van der Waals surface area contributed by atoms with Crippen LogP contribution in [0.5, 0.6) is 0 Å². The predicted molar refractivity (Wildman–Crippen MR) is 127 cm³/mol. The van der Waals surface area contributed by atoms with Crippen molar-refractivity contribution in [2.45, 2.75) is 48.2 Å². The molecule has 0 unspecified atom stereocenters. The zero-order valence-electron chi connectivity index (χ0n) is 18.5. The molecule has 1 N–H and O–H groups in total. The third kappa shape index (κ3) is 5.82. The molecule has 1 aromatic heterocycles. The van der Waals surface area contributed by atoms with E-state index in [4.69, 9.17) is 4.42 Å². The number of amides is 1. The lowest BCUT2D eigenvalue weighted by Gasteiger charge is -2.15. The number of rotatable bonds is 8. The Hall–Kier alpha value is -2.69. The molecule has 1 fully saturated rings. The Bertz CT molecular complexity index is 1200. The number of anilines is 1. The van der Waals surface area contributed by atoms with Gasteiger partial charge in [-0.1, -0.05) is 31.1 Å². The summed E-state index contributed by atoms with van der Waals surface area (Å²) in [6, 6.07) is 14.0. The average Bonchev–Trinajstić information content (AvgIpc) is 3.48. The highest BCUT2D eigenvalue weighted by molar-refractivity contribution is 7.99. The zero-order chi connectivity index (χ0) is 23.4. The van der Waals surface area contributed by atoms with E-state index in [1.807, 2.05) is 12.1 Å². The Morgan fingerprint density at radius 1 is 1.06 bits per heavy atom. The van der Waals surface area contributed by atoms with Gasteiger partial charge in [0.15, 0.2) is 0 Å². The number of hydrogen-bond donors (Lipinski definition) is 1. The van der Waals surface area contributed by atoms with Gasteiger partial charge in [0.2, 0.25) is 15.9 Å². The van der Waals surface area contributed by atoms with Crippen molar-refractivity contribution in [2.75, 3.05) is 18.4 Å². The van der Waals surface area contributed by atoms with Gasteiger partial charge in [-0.2, -0.15) is 4.31 Å². The minimum Gasteiger partial charge on any atom is -0.407 e. The molecule has 10 heteroatoms. The lowest BCUT2D eigenvalue weighted by molar-refractivity contribution is 0.102. The fraction of sp³-hybridized carbons (Fsp3) is 0.348. The molecule has 3 aromatic rings. The van der Waals surface area contributed by atoms with Crippen LogP contribution in [-0.2, 0) is 16.4 Å². The highest BCUT2D eigenvalue weighted by Crippen LogP contribution is 2.24. The van der Waals surface area contributed by atoms with Crippen LogP contribution in [0.2, 0.25) is 0 Å². The van der Waals surface area contributed by atoms with Crippen molar-refractivity contribution < 1.29 is 17.6 Å². The van der Waals surface area contributed by atoms with E-state index in [1.165, 1.54) is 33.5 Å². The second kappa shape index (κ2) is 10.1. The monoisotopic (exact) mass is 486 g/mol. The van der Waals surface area contributed by atoms with E-state index in [0.29, 0.717) is 36.2 Å². The summed E-state index contributed by atoms with van der Waals surface area (Å²) in [7, 11) is -3.52. The number of carbonyl (C=O) groups excluding carboxylic acids is 1. The molecule has 0 aliphatic carbocycles. The minimum atomic E-state index is -3.52. The van der Waals surface area contributed by atoms with E-state index in [0.717, 1.165) is 18.4 Å². The fourth-order valence-corrected chi connectivity index (χ4v) is 5.89. The average molecular weight is 487 g/mol. The minimum absolute atomic E-state index is 0.00394. The van der Waals surface area contributed by atoms with Crippen LogP contribution in [0.1, 0.15) is 48.5 Å². The highest BCUT2D eigenvalue weighted by Gasteiger charge is 2.27. The molecule has 8 nitrogen and oxygen atoms in total. The molecule has 0 bridgehead atoms. The first kappa shape index (κ1) is 23.5. The molecule has 1 saturated heterocycles. The molecule has 4 rings (SSSR count). The standard InChI is InChI=1S/C23H26N4O4S2/c1-16(2)32-19-9-5-17(6-10-19)15-21-25-26-23(31-21)24-22(28)18-7-11-20(12-8-18)33(29,30)27-13-3-4-14-27/h5-12,16H,3-4,13-15H2,1-2H3,(H,24,26,28). The Morgan fingerprint density at radius 2 is 1.73 bits per heavy atom. The lowest BCUT2D eigenvalue weighted by atomic mass is 10.1. The highest BCUT2D eigenvalue weighted by atomic mass is 32.2. The van der Waals surface area contributed by atoms with Gasteiger partial charge in [-0.15, -0.1) is 16.9 Å². The number of sulfonamides is 1. The van der Waals surface area contributed by atoms with Gasteiger partial charge in [0, 0.05) is 28.8 Å². The number of thioether (sulfide) groups is 1. The number of aromatic nitrogens is 2. The number of hydrogen-bond acceptors (Lipinski definition) is 7. The molecule has 0 spiro atoms. The van der Waals surface area contributed by atoms with Crippen molar-refractivity contribution in [3.63, 3.8) is 0 Å². The van der Waals surface area contributed by atoms with Crippen LogP contribution in [0.15, 0.2) is 62.7 Å². The van der Waals surface area contributed by atoms with Crippen molar-refractivity contribution in [1.82, 2.24) is 14.5 Å². The summed E-state index contributed by atoms with van der Waals surface area (Å²) in [5, 5.41) is 11.0. The smallest absolute Gasteiger partial charge is 0.322 e. The number of benzene rings is 2. The topological polar surface area (TPSA) is 105 Å². The Kier molecular flexibility index (Phi) is 7.16. The van der Waals surface area contributed by atoms with Gasteiger partial charge >= 0.3 is 6.01 Å². The Morgan fingerprint density at radius 3 is 2.36 bits per heavy atom. The van der Waals surface area contributed by atoms with Crippen molar-refractivity contribution in [3.8, 4) is 0 Å². The van der Waals surface area contributed by atoms with Crippen molar-refractivity contribution in [2.24, 2.45) is 0 Å². The van der Waals surface area contributed by atoms with E-state index < -0.39 is 15.9 Å². The lowest BCUT2D eigenvalue weighted by Crippen LogP contribution is -2.27. The molecular formula is C23H26N4O4S2. The molecule has 1 amide bonds. The quantitative estimate of drug-likeness (QED) is 0.476. The van der Waals surface area contributed by atoms with Crippen LogP contribution in [0.4, 0.5) is 6.01 Å². The van der Waals surface area contributed by atoms with E-state index in [2.05, 4.69) is 41.5 Å². The van der Waals surface area contributed by atoms with Gasteiger partial charge in [0.1, 0.15) is 0 Å². The summed E-state index contributed by atoms with van der Waals surface area (Å²) in [4.78, 5) is 13.9. The van der Waals surface area contributed by atoms with Gasteiger partial charge in [0.25, 0.3) is 5.91 Å². The van der Waals surface area contributed by atoms with Crippen LogP contribution in [0.25, 0.3) is 0 Å². The van der Waals surface area contributed by atoms with E-state index in [9.17, 15) is 13.2 Å². The number of carbonyl (C=O) groups is 1. The molecule has 33 heavy (non-hydrogen) atoms. The second-order valence-corrected chi connectivity index (χ2v) is 11.7. The summed E-state index contributed by atoms with van der Waals surface area (Å²) in [5.41, 5.74) is 1.33. The Labute approximate surface area is 197 Å². The van der Waals surface area contributed by atoms with Gasteiger partial charge < -0.3 is 4.42 Å². The Balaban J connectivity index is 1.36. The molecule has 0 radical (unpaired) electrons. The molecule has 0 saturated carbocycles. The first-order chi connectivity index (χ1) is 15.8. The van der Waals surface area contributed by atoms with Gasteiger partial charge in [-0.05, 0) is 54.8 Å². The summed E-state index contributed by atoms with van der Waals surface area (Å²) >= 11 is 1.80. The fourth-order valence-electron chi connectivity index (χ4n) is 3.53. The maximum Gasteiger partial charge on any atom is 0.322 e. The summed E-state index contributed by atoms with van der Waals surface area (Å²) in [6.07, 6.45) is 2.20. The number of nitrogens with one attached hydrogen (secondary N) is 1. The third-order valence-corrected chi connectivity index (χ3v) is 8.09. The largest absolute Gasteiger partial charge is 0.407 e. The van der Waals surface area contributed by atoms with Crippen molar-refractivity contribution >= 4 is 33.7 Å². The summed E-state index contributed by atoms with van der Waals surface area (Å²) in [6.45, 7) is 5.37. The van der Waals surface area contributed by atoms with Crippen LogP contribution in [0, 0.1) is 0 Å². The SMILES string of the molecule is CC(C)Sc1ccc(Cc2nnc(NC(=O)c3ccc(S(=O)(=O)N4CCCC4)cc3)o2)cc1. The van der Waals surface area contributed by atoms with E-state index in [-0.39, 0.29) is 10.9 Å². The zero-order valence-corrected chi connectivity index (χ0v) is 20.2. The molecule has 2 heterocycles. The van der Waals surface area contributed by atoms with Crippen LogP contribution >= 0.6 is 11.8 Å². The van der Waals surface area contributed by atoms with Crippen LogP contribution in [0.3, 0.4) is 0 Å². The van der Waals surface area contributed by atoms with Crippen LogP contribution in [-0.4, -0.2) is 47.2 Å². The van der Waals surface area contributed by atoms with Crippen molar-refractivity contribution in [1.29, 1.82) is 0 Å². The molecule has 1 aliphatic heterocycles. The maximum absolute atomic E-state index is 12.6. The first-order valence-corrected chi connectivity index (χ1v) is 13.1. The summed E-state index contributed by atoms with van der Waals surface area (Å²) in [5.74, 6) is -0.0630. The molecular weight excluding hydrogens is 460 g/mol. The molecule has 0 atom stereocenters. The first-order valence-electron chi connectivity index (χ1n) is 10.8. The van der Waals surface area contributed by atoms with Gasteiger partial charge in [-0.3, -0.25) is 10.1 Å². The van der Waals surface area contributed by atoms with Crippen molar-refractivity contribution in [3.05, 3.63) is 65.5 Å². The predicted octanol–water partition coefficient (Wildman–Crippen LogP) is 4.20. The molecule has 174 valence electrons. The summed E-state index contributed by atoms with van der Waals surface area (Å²) < 4.78 is 32.3. The molecule has 2 aromatic carbocycles. The van der Waals surface area contributed by atoms with Crippen LogP contribution < -0.4 is 5.32 Å². The van der Waals surface area contributed by atoms with E-state index >= 15 is 0 Å². The van der Waals surface area contributed by atoms with Gasteiger partial charge in [-0.25, -0.2) is 8.42 Å².